The molecule has 2 heteroatoms. The number of hydrogen-bond donors (Lipinski definition) is 0. The monoisotopic (exact) mass is 157 g/mol. The van der Waals surface area contributed by atoms with Crippen LogP contribution in [0.5, 0.6) is 0 Å². The lowest BCUT2D eigenvalue weighted by Gasteiger charge is -1.92. The van der Waals surface area contributed by atoms with E-state index in [0.717, 1.165) is 11.1 Å². The highest BCUT2D eigenvalue weighted by atomic mass is 16.1. The molecule has 1 aromatic rings. The Kier molecular flexibility index (Phi) is 1.44. The molecule has 2 nitrogen and oxygen atoms in total. The van der Waals surface area contributed by atoms with Gasteiger partial charge in [-0.15, -0.1) is 0 Å². The van der Waals surface area contributed by atoms with E-state index in [9.17, 15) is 4.79 Å². The fraction of sp³-hybridized carbons (Fsp3) is 0.200. The van der Waals surface area contributed by atoms with Crippen LogP contribution >= 0.6 is 0 Å². The Morgan fingerprint density at radius 2 is 2.17 bits per heavy atom. The number of carbonyl (C=O) groups excluding carboxylic acids is 1. The topological polar surface area (TPSA) is 40.9 Å². The molecule has 1 atom stereocenters. The summed E-state index contributed by atoms with van der Waals surface area (Å²) >= 11 is 0. The second-order valence-electron chi connectivity index (χ2n) is 2.91. The number of ketones is 1. The second kappa shape index (κ2) is 2.46. The summed E-state index contributed by atoms with van der Waals surface area (Å²) in [6.45, 7) is 0. The lowest BCUT2D eigenvalue weighted by molar-refractivity contribution is 0.0963. The third-order valence-electron chi connectivity index (χ3n) is 2.18. The van der Waals surface area contributed by atoms with Gasteiger partial charge < -0.3 is 0 Å². The van der Waals surface area contributed by atoms with Crippen molar-refractivity contribution in [3.8, 4) is 6.07 Å². The fourth-order valence-electron chi connectivity index (χ4n) is 1.54. The predicted molar refractivity (Wildman–Crippen MR) is 43.6 cm³/mol. The molecule has 0 amide bonds. The van der Waals surface area contributed by atoms with Crippen molar-refractivity contribution in [1.29, 1.82) is 5.26 Å². The minimum Gasteiger partial charge on any atom is -0.293 e. The van der Waals surface area contributed by atoms with Crippen LogP contribution in [-0.2, 0) is 6.42 Å². The minimum absolute atomic E-state index is 0.0203. The van der Waals surface area contributed by atoms with E-state index in [0.29, 0.717) is 6.42 Å². The third kappa shape index (κ3) is 0.835. The van der Waals surface area contributed by atoms with Gasteiger partial charge in [0.2, 0.25) is 0 Å². The molecule has 0 heterocycles. The van der Waals surface area contributed by atoms with Gasteiger partial charge in [-0.25, -0.2) is 0 Å². The van der Waals surface area contributed by atoms with E-state index >= 15 is 0 Å². The molecule has 0 saturated carbocycles. The van der Waals surface area contributed by atoms with Crippen LogP contribution in [0.25, 0.3) is 0 Å². The van der Waals surface area contributed by atoms with Crippen molar-refractivity contribution in [1.82, 2.24) is 0 Å². The van der Waals surface area contributed by atoms with Gasteiger partial charge in [0.1, 0.15) is 5.92 Å². The zero-order valence-electron chi connectivity index (χ0n) is 6.45. The predicted octanol–water partition coefficient (Wildman–Crippen LogP) is 1.57. The van der Waals surface area contributed by atoms with Gasteiger partial charge in [-0.05, 0) is 12.0 Å². The molecule has 0 aromatic heterocycles. The molecular formula is C10H7NO. The number of hydrogen-bond acceptors (Lipinski definition) is 2. The molecule has 0 bridgehead atoms. The van der Waals surface area contributed by atoms with Gasteiger partial charge in [0.05, 0.1) is 6.07 Å². The summed E-state index contributed by atoms with van der Waals surface area (Å²) in [5, 5.41) is 8.64. The average Bonchev–Trinajstić information content (AvgIpc) is 2.44. The lowest BCUT2D eigenvalue weighted by atomic mass is 10.1. The molecule has 0 saturated heterocycles. The Labute approximate surface area is 70.4 Å². The Balaban J connectivity index is 2.51. The number of nitrogens with zero attached hydrogens (tertiary/aromatic N) is 1. The Bertz CT molecular complexity index is 376. The number of benzene rings is 1. The quantitative estimate of drug-likeness (QED) is 0.573. The normalized spacial score (nSPS) is 20.2. The smallest absolute Gasteiger partial charge is 0.180 e. The van der Waals surface area contributed by atoms with Crippen molar-refractivity contribution in [2.45, 2.75) is 6.42 Å². The van der Waals surface area contributed by atoms with E-state index < -0.39 is 5.92 Å². The second-order valence-corrected chi connectivity index (χ2v) is 2.91. The molecule has 12 heavy (non-hydrogen) atoms. The minimum atomic E-state index is -0.442. The molecule has 1 aliphatic rings. The molecule has 1 aliphatic carbocycles. The van der Waals surface area contributed by atoms with Crippen LogP contribution in [0.2, 0.25) is 0 Å². The highest BCUT2D eigenvalue weighted by Gasteiger charge is 2.29. The van der Waals surface area contributed by atoms with Crippen molar-refractivity contribution in [3.63, 3.8) is 0 Å². The maximum Gasteiger partial charge on any atom is 0.180 e. The fourth-order valence-corrected chi connectivity index (χ4v) is 1.54. The Hall–Kier alpha value is -1.62. The van der Waals surface area contributed by atoms with Crippen LogP contribution in [0.15, 0.2) is 24.3 Å². The summed E-state index contributed by atoms with van der Waals surface area (Å²) in [7, 11) is 0. The maximum atomic E-state index is 11.4. The van der Waals surface area contributed by atoms with E-state index in [2.05, 4.69) is 0 Å². The molecule has 0 unspecified atom stereocenters. The SMILES string of the molecule is N#C[C@@H]1Cc2ccccc2C1=O. The molecule has 0 fully saturated rings. The number of nitriles is 1. The van der Waals surface area contributed by atoms with Crippen molar-refractivity contribution in [2.75, 3.05) is 0 Å². The van der Waals surface area contributed by atoms with E-state index in [1.165, 1.54) is 0 Å². The summed E-state index contributed by atoms with van der Waals surface area (Å²) in [5.74, 6) is -0.463. The van der Waals surface area contributed by atoms with Crippen molar-refractivity contribution in [3.05, 3.63) is 35.4 Å². The van der Waals surface area contributed by atoms with Gasteiger partial charge >= 0.3 is 0 Å². The molecular weight excluding hydrogens is 150 g/mol. The first-order chi connectivity index (χ1) is 5.83. The Morgan fingerprint density at radius 3 is 2.83 bits per heavy atom. The summed E-state index contributed by atoms with van der Waals surface area (Å²) in [5.41, 5.74) is 1.73. The molecule has 0 spiro atoms. The summed E-state index contributed by atoms with van der Waals surface area (Å²) in [6.07, 6.45) is 0.589. The summed E-state index contributed by atoms with van der Waals surface area (Å²) < 4.78 is 0. The van der Waals surface area contributed by atoms with Crippen LogP contribution in [0, 0.1) is 17.2 Å². The zero-order chi connectivity index (χ0) is 8.55. The highest BCUT2D eigenvalue weighted by Crippen LogP contribution is 2.25. The molecule has 1 aromatic carbocycles. The highest BCUT2D eigenvalue weighted by molar-refractivity contribution is 6.03. The maximum absolute atomic E-state index is 11.4. The molecule has 0 aliphatic heterocycles. The largest absolute Gasteiger partial charge is 0.293 e. The van der Waals surface area contributed by atoms with Crippen LogP contribution < -0.4 is 0 Å². The zero-order valence-corrected chi connectivity index (χ0v) is 6.45. The average molecular weight is 157 g/mol. The van der Waals surface area contributed by atoms with Gasteiger partial charge in [-0.2, -0.15) is 5.26 Å². The first-order valence-corrected chi connectivity index (χ1v) is 3.84. The standard InChI is InChI=1S/C10H7NO/c11-6-8-5-7-3-1-2-4-9(7)10(8)12/h1-4,8H,5H2/t8-/m0/s1. The Morgan fingerprint density at radius 1 is 1.42 bits per heavy atom. The van der Waals surface area contributed by atoms with Crippen molar-refractivity contribution in [2.24, 2.45) is 5.92 Å². The molecule has 0 radical (unpaired) electrons. The van der Waals surface area contributed by atoms with E-state index in [-0.39, 0.29) is 5.78 Å². The van der Waals surface area contributed by atoms with Crippen LogP contribution in [-0.4, -0.2) is 5.78 Å². The first-order valence-electron chi connectivity index (χ1n) is 3.84. The molecule has 0 N–H and O–H groups in total. The van der Waals surface area contributed by atoms with Gasteiger partial charge in [0.25, 0.3) is 0 Å². The van der Waals surface area contributed by atoms with E-state index in [1.54, 1.807) is 6.07 Å². The van der Waals surface area contributed by atoms with Gasteiger partial charge in [0, 0.05) is 5.56 Å². The number of rotatable bonds is 0. The summed E-state index contributed by atoms with van der Waals surface area (Å²) in [4.78, 5) is 11.4. The number of Topliss-reactive ketones (excluding diaryl/α,β-unsaturated/α-hetero) is 1. The third-order valence-corrected chi connectivity index (χ3v) is 2.18. The lowest BCUT2D eigenvalue weighted by Crippen LogP contribution is -2.05. The number of fused-ring (bicyclic) bond motifs is 1. The molecule has 58 valence electrons. The van der Waals surface area contributed by atoms with Crippen molar-refractivity contribution < 1.29 is 4.79 Å². The van der Waals surface area contributed by atoms with E-state index in [1.807, 2.05) is 24.3 Å². The van der Waals surface area contributed by atoms with Crippen LogP contribution in [0.4, 0.5) is 0 Å². The van der Waals surface area contributed by atoms with Gasteiger partial charge in [-0.1, -0.05) is 24.3 Å². The van der Waals surface area contributed by atoms with Crippen molar-refractivity contribution >= 4 is 5.78 Å². The van der Waals surface area contributed by atoms with Gasteiger partial charge in [-0.3, -0.25) is 4.79 Å². The van der Waals surface area contributed by atoms with Crippen LogP contribution in [0.3, 0.4) is 0 Å². The summed E-state index contributed by atoms with van der Waals surface area (Å²) in [6, 6.07) is 9.43. The van der Waals surface area contributed by atoms with E-state index in [4.69, 9.17) is 5.26 Å². The van der Waals surface area contributed by atoms with Crippen LogP contribution in [0.1, 0.15) is 15.9 Å². The first kappa shape index (κ1) is 7.05. The number of carbonyl (C=O) groups is 1. The molecule has 2 rings (SSSR count). The van der Waals surface area contributed by atoms with Gasteiger partial charge in [0.15, 0.2) is 5.78 Å².